The van der Waals surface area contributed by atoms with Gasteiger partial charge in [0.25, 0.3) is 0 Å². The quantitative estimate of drug-likeness (QED) is 0.892. The smallest absolute Gasteiger partial charge is 0.225 e. The van der Waals surface area contributed by atoms with Gasteiger partial charge in [-0.15, -0.1) is 0 Å². The van der Waals surface area contributed by atoms with Crippen LogP contribution in [0, 0.1) is 11.8 Å². The van der Waals surface area contributed by atoms with Crippen molar-refractivity contribution in [2.45, 2.75) is 32.2 Å². The zero-order valence-corrected chi connectivity index (χ0v) is 14.1. The molecular weight excluding hydrogens is 344 g/mol. The molecule has 118 valence electrons. The van der Waals surface area contributed by atoms with Gasteiger partial charge in [0, 0.05) is 30.0 Å². The molecular formula is C17H21BrN2O2. The van der Waals surface area contributed by atoms with E-state index in [2.05, 4.69) is 21.2 Å². The molecule has 2 amide bonds. The van der Waals surface area contributed by atoms with Crippen LogP contribution in [-0.4, -0.2) is 29.8 Å². The van der Waals surface area contributed by atoms with Crippen LogP contribution in [0.25, 0.3) is 0 Å². The van der Waals surface area contributed by atoms with Crippen molar-refractivity contribution in [3.05, 3.63) is 34.3 Å². The van der Waals surface area contributed by atoms with Crippen LogP contribution in [0.15, 0.2) is 28.7 Å². The highest BCUT2D eigenvalue weighted by molar-refractivity contribution is 9.10. The number of rotatable bonds is 4. The predicted octanol–water partition coefficient (Wildman–Crippen LogP) is 2.71. The summed E-state index contributed by atoms with van der Waals surface area (Å²) in [4.78, 5) is 26.4. The molecule has 1 saturated carbocycles. The van der Waals surface area contributed by atoms with Crippen molar-refractivity contribution < 1.29 is 9.59 Å². The van der Waals surface area contributed by atoms with Crippen LogP contribution in [0.4, 0.5) is 0 Å². The number of benzene rings is 1. The van der Waals surface area contributed by atoms with Crippen molar-refractivity contribution in [1.82, 2.24) is 10.2 Å². The molecule has 1 N–H and O–H groups in total. The van der Waals surface area contributed by atoms with Crippen molar-refractivity contribution in [3.8, 4) is 0 Å². The monoisotopic (exact) mass is 364 g/mol. The Bertz CT molecular complexity index is 572. The van der Waals surface area contributed by atoms with Crippen LogP contribution in [-0.2, 0) is 16.1 Å². The second kappa shape index (κ2) is 6.82. The van der Waals surface area contributed by atoms with E-state index in [1.165, 1.54) is 0 Å². The highest BCUT2D eigenvalue weighted by Crippen LogP contribution is 2.32. The molecule has 1 aliphatic carbocycles. The minimum atomic E-state index is -0.0661. The van der Waals surface area contributed by atoms with Gasteiger partial charge in [0.15, 0.2) is 0 Å². The topological polar surface area (TPSA) is 49.4 Å². The lowest BCUT2D eigenvalue weighted by atomic mass is 9.96. The zero-order chi connectivity index (χ0) is 15.5. The van der Waals surface area contributed by atoms with E-state index in [-0.39, 0.29) is 23.7 Å². The summed E-state index contributed by atoms with van der Waals surface area (Å²) < 4.78 is 1.01. The van der Waals surface area contributed by atoms with E-state index in [4.69, 9.17) is 0 Å². The van der Waals surface area contributed by atoms with Gasteiger partial charge in [-0.05, 0) is 43.4 Å². The lowest BCUT2D eigenvalue weighted by Gasteiger charge is -2.32. The van der Waals surface area contributed by atoms with Crippen LogP contribution in [0.1, 0.15) is 31.2 Å². The lowest BCUT2D eigenvalue weighted by molar-refractivity contribution is -0.136. The Labute approximate surface area is 139 Å². The standard InChI is InChI=1S/C17H21BrN2O2/c18-15-5-1-3-12(9-15)10-19-16(21)14-4-2-8-20(11-14)17(22)13-6-7-13/h1,3,5,9,13-14H,2,4,6-8,10-11H2,(H,19,21). The Morgan fingerprint density at radius 2 is 2.05 bits per heavy atom. The second-order valence-electron chi connectivity index (χ2n) is 6.25. The molecule has 1 aromatic rings. The summed E-state index contributed by atoms with van der Waals surface area (Å²) >= 11 is 3.43. The number of hydrogen-bond acceptors (Lipinski definition) is 2. The van der Waals surface area contributed by atoms with E-state index in [0.717, 1.165) is 42.3 Å². The van der Waals surface area contributed by atoms with Crippen LogP contribution in [0.2, 0.25) is 0 Å². The largest absolute Gasteiger partial charge is 0.352 e. The number of likely N-dealkylation sites (tertiary alicyclic amines) is 1. The number of carbonyl (C=O) groups excluding carboxylic acids is 2. The van der Waals surface area contributed by atoms with E-state index in [9.17, 15) is 9.59 Å². The van der Waals surface area contributed by atoms with E-state index in [0.29, 0.717) is 13.1 Å². The molecule has 1 unspecified atom stereocenters. The third kappa shape index (κ3) is 3.88. The molecule has 0 bridgehead atoms. The van der Waals surface area contributed by atoms with Gasteiger partial charge < -0.3 is 10.2 Å². The minimum absolute atomic E-state index is 0.0632. The number of amides is 2. The molecule has 0 spiro atoms. The fraction of sp³-hybridized carbons (Fsp3) is 0.529. The van der Waals surface area contributed by atoms with Gasteiger partial charge in [-0.3, -0.25) is 9.59 Å². The maximum absolute atomic E-state index is 12.3. The van der Waals surface area contributed by atoms with Gasteiger partial charge in [-0.2, -0.15) is 0 Å². The third-order valence-corrected chi connectivity index (χ3v) is 4.88. The molecule has 0 aromatic heterocycles. The zero-order valence-electron chi connectivity index (χ0n) is 12.6. The maximum atomic E-state index is 12.3. The van der Waals surface area contributed by atoms with Crippen molar-refractivity contribution >= 4 is 27.7 Å². The molecule has 0 radical (unpaired) electrons. The van der Waals surface area contributed by atoms with Gasteiger partial charge in [-0.25, -0.2) is 0 Å². The van der Waals surface area contributed by atoms with E-state index in [1.54, 1.807) is 0 Å². The number of carbonyl (C=O) groups is 2. The third-order valence-electron chi connectivity index (χ3n) is 4.39. The van der Waals surface area contributed by atoms with Gasteiger partial charge in [-0.1, -0.05) is 28.1 Å². The molecule has 3 rings (SSSR count). The number of nitrogens with one attached hydrogen (secondary N) is 1. The fourth-order valence-corrected chi connectivity index (χ4v) is 3.41. The highest BCUT2D eigenvalue weighted by Gasteiger charge is 2.36. The van der Waals surface area contributed by atoms with Crippen molar-refractivity contribution in [2.75, 3.05) is 13.1 Å². The van der Waals surface area contributed by atoms with Gasteiger partial charge in [0.2, 0.25) is 11.8 Å². The summed E-state index contributed by atoms with van der Waals surface area (Å²) in [5.74, 6) is 0.491. The van der Waals surface area contributed by atoms with Crippen LogP contribution < -0.4 is 5.32 Å². The summed E-state index contributed by atoms with van der Waals surface area (Å²) in [5, 5.41) is 3.00. The average Bonchev–Trinajstić information content (AvgIpc) is 3.37. The molecule has 4 nitrogen and oxygen atoms in total. The predicted molar refractivity (Wildman–Crippen MR) is 88.0 cm³/mol. The van der Waals surface area contributed by atoms with Crippen molar-refractivity contribution in [2.24, 2.45) is 11.8 Å². The Morgan fingerprint density at radius 1 is 1.23 bits per heavy atom. The molecule has 2 fully saturated rings. The van der Waals surface area contributed by atoms with Crippen LogP contribution in [0.3, 0.4) is 0 Å². The first kappa shape index (κ1) is 15.5. The highest BCUT2D eigenvalue weighted by atomic mass is 79.9. The van der Waals surface area contributed by atoms with Crippen molar-refractivity contribution in [3.63, 3.8) is 0 Å². The number of piperidine rings is 1. The Hall–Kier alpha value is -1.36. The second-order valence-corrected chi connectivity index (χ2v) is 7.16. The van der Waals surface area contributed by atoms with E-state index >= 15 is 0 Å². The fourth-order valence-electron chi connectivity index (χ4n) is 2.96. The SMILES string of the molecule is O=C(NCc1cccc(Br)c1)C1CCCN(C(=O)C2CC2)C1. The Kier molecular flexibility index (Phi) is 4.81. The summed E-state index contributed by atoms with van der Waals surface area (Å²) in [6.07, 6.45) is 3.84. The van der Waals surface area contributed by atoms with Gasteiger partial charge in [0.05, 0.1) is 5.92 Å². The van der Waals surface area contributed by atoms with E-state index < -0.39 is 0 Å². The first-order chi connectivity index (χ1) is 10.6. The molecule has 1 heterocycles. The lowest BCUT2D eigenvalue weighted by Crippen LogP contribution is -2.45. The normalized spacial score (nSPS) is 21.5. The summed E-state index contributed by atoms with van der Waals surface area (Å²) in [6.45, 7) is 1.93. The molecule has 1 saturated heterocycles. The number of nitrogens with zero attached hydrogens (tertiary/aromatic N) is 1. The Balaban J connectivity index is 1.52. The van der Waals surface area contributed by atoms with Crippen LogP contribution in [0.5, 0.6) is 0 Å². The molecule has 1 aromatic carbocycles. The number of halogens is 1. The Morgan fingerprint density at radius 3 is 2.77 bits per heavy atom. The maximum Gasteiger partial charge on any atom is 0.225 e. The van der Waals surface area contributed by atoms with Gasteiger partial charge in [0.1, 0.15) is 0 Å². The van der Waals surface area contributed by atoms with Crippen LogP contribution >= 0.6 is 15.9 Å². The average molecular weight is 365 g/mol. The molecule has 2 aliphatic rings. The summed E-state index contributed by atoms with van der Waals surface area (Å²) in [6, 6.07) is 7.93. The molecule has 22 heavy (non-hydrogen) atoms. The molecule has 1 aliphatic heterocycles. The summed E-state index contributed by atoms with van der Waals surface area (Å²) in [7, 11) is 0. The van der Waals surface area contributed by atoms with Gasteiger partial charge >= 0.3 is 0 Å². The van der Waals surface area contributed by atoms with E-state index in [1.807, 2.05) is 29.2 Å². The first-order valence-electron chi connectivity index (χ1n) is 7.94. The minimum Gasteiger partial charge on any atom is -0.352 e. The summed E-state index contributed by atoms with van der Waals surface area (Å²) in [5.41, 5.74) is 1.07. The van der Waals surface area contributed by atoms with Crippen molar-refractivity contribution in [1.29, 1.82) is 0 Å². The molecule has 1 atom stereocenters. The molecule has 5 heteroatoms. The first-order valence-corrected chi connectivity index (χ1v) is 8.74. The number of hydrogen-bond donors (Lipinski definition) is 1.